The molecule has 0 unspecified atom stereocenters. The molecule has 0 fully saturated rings. The van der Waals surface area contributed by atoms with Crippen molar-refractivity contribution >= 4 is 17.5 Å². The van der Waals surface area contributed by atoms with E-state index in [9.17, 15) is 4.79 Å². The van der Waals surface area contributed by atoms with Gasteiger partial charge in [0, 0.05) is 12.1 Å². The number of Topliss-reactive ketones (excluding diaryl/α,β-unsaturated/α-hetero) is 1. The molecule has 4 rings (SSSR count). The zero-order valence-corrected chi connectivity index (χ0v) is 15.9. The van der Waals surface area contributed by atoms with E-state index < -0.39 is 0 Å². The second kappa shape index (κ2) is 7.48. The number of fused-ring (bicyclic) bond motifs is 1. The van der Waals surface area contributed by atoms with Gasteiger partial charge in [0.05, 0.1) is 17.6 Å². The number of carbonyl (C=O) groups excluding carboxylic acids is 1. The van der Waals surface area contributed by atoms with E-state index in [0.717, 1.165) is 17.1 Å². The highest BCUT2D eigenvalue weighted by Gasteiger charge is 2.19. The van der Waals surface area contributed by atoms with Crippen molar-refractivity contribution in [3.8, 4) is 22.9 Å². The number of carbonyl (C=O) groups is 1. The molecule has 1 aromatic carbocycles. The highest BCUT2D eigenvalue weighted by atomic mass is 32.2. The van der Waals surface area contributed by atoms with Gasteiger partial charge in [-0.15, -0.1) is 10.2 Å². The lowest BCUT2D eigenvalue weighted by molar-refractivity contribution is 0.102. The summed E-state index contributed by atoms with van der Waals surface area (Å²) in [5, 5.41) is 9.25. The molecule has 1 aliphatic rings. The topological polar surface area (TPSA) is 79.4 Å². The van der Waals surface area contributed by atoms with Crippen LogP contribution in [-0.2, 0) is 6.54 Å². The first kappa shape index (κ1) is 17.7. The summed E-state index contributed by atoms with van der Waals surface area (Å²) in [7, 11) is 0. The number of furan rings is 1. The molecule has 3 aromatic rings. The van der Waals surface area contributed by atoms with E-state index in [2.05, 4.69) is 10.2 Å². The number of rotatable bonds is 6. The molecule has 2 aromatic heterocycles. The standard InChI is InChI=1S/C19H19N3O4S/c1-3-22-18(14-6-7-24-12(14)2)20-21-19(22)27-11-15(23)13-4-5-16-17(10-13)26-9-8-25-16/h4-7,10H,3,8-9,11H2,1-2H3. The van der Waals surface area contributed by atoms with Crippen molar-refractivity contribution in [2.24, 2.45) is 0 Å². The Hall–Kier alpha value is -2.74. The molecule has 0 spiro atoms. The van der Waals surface area contributed by atoms with E-state index in [-0.39, 0.29) is 11.5 Å². The van der Waals surface area contributed by atoms with Crippen LogP contribution in [-0.4, -0.2) is 39.5 Å². The summed E-state index contributed by atoms with van der Waals surface area (Å²) in [4.78, 5) is 12.6. The molecule has 3 heterocycles. The Bertz CT molecular complexity index is 979. The monoisotopic (exact) mass is 385 g/mol. The van der Waals surface area contributed by atoms with Crippen LogP contribution in [0.2, 0.25) is 0 Å². The van der Waals surface area contributed by atoms with Gasteiger partial charge in [-0.3, -0.25) is 4.79 Å². The maximum Gasteiger partial charge on any atom is 0.191 e. The van der Waals surface area contributed by atoms with Gasteiger partial charge in [0.2, 0.25) is 0 Å². The van der Waals surface area contributed by atoms with Gasteiger partial charge >= 0.3 is 0 Å². The second-order valence-corrected chi connectivity index (χ2v) is 6.95. The molecule has 0 radical (unpaired) electrons. The first-order chi connectivity index (χ1) is 13.2. The quantitative estimate of drug-likeness (QED) is 0.474. The van der Waals surface area contributed by atoms with Crippen molar-refractivity contribution in [1.29, 1.82) is 0 Å². The van der Waals surface area contributed by atoms with Gasteiger partial charge in [-0.25, -0.2) is 0 Å². The molecule has 7 nitrogen and oxygen atoms in total. The minimum atomic E-state index is 0.00340. The smallest absolute Gasteiger partial charge is 0.191 e. The minimum Gasteiger partial charge on any atom is -0.486 e. The molecule has 8 heteroatoms. The van der Waals surface area contributed by atoms with Crippen LogP contribution < -0.4 is 9.47 Å². The Balaban J connectivity index is 1.50. The highest BCUT2D eigenvalue weighted by Crippen LogP contribution is 2.32. The van der Waals surface area contributed by atoms with Crippen molar-refractivity contribution < 1.29 is 18.7 Å². The third-order valence-electron chi connectivity index (χ3n) is 4.33. The zero-order valence-electron chi connectivity index (χ0n) is 15.1. The van der Waals surface area contributed by atoms with Crippen LogP contribution in [0.4, 0.5) is 0 Å². The number of ether oxygens (including phenoxy) is 2. The van der Waals surface area contributed by atoms with Crippen LogP contribution in [0.25, 0.3) is 11.4 Å². The van der Waals surface area contributed by atoms with E-state index in [1.807, 2.05) is 24.5 Å². The summed E-state index contributed by atoms with van der Waals surface area (Å²) in [5.41, 5.74) is 1.51. The maximum atomic E-state index is 12.6. The Morgan fingerprint density at radius 3 is 2.74 bits per heavy atom. The fourth-order valence-corrected chi connectivity index (χ4v) is 3.82. The van der Waals surface area contributed by atoms with Crippen molar-refractivity contribution in [1.82, 2.24) is 14.8 Å². The van der Waals surface area contributed by atoms with Gasteiger partial charge in [-0.1, -0.05) is 11.8 Å². The average Bonchev–Trinajstić information content (AvgIpc) is 3.30. The van der Waals surface area contributed by atoms with Gasteiger partial charge in [0.1, 0.15) is 19.0 Å². The number of hydrogen-bond donors (Lipinski definition) is 0. The van der Waals surface area contributed by atoms with Gasteiger partial charge < -0.3 is 18.5 Å². The number of nitrogens with zero attached hydrogens (tertiary/aromatic N) is 3. The number of hydrogen-bond acceptors (Lipinski definition) is 7. The first-order valence-corrected chi connectivity index (χ1v) is 9.69. The average molecular weight is 385 g/mol. The lowest BCUT2D eigenvalue weighted by Crippen LogP contribution is -2.16. The molecule has 1 aliphatic heterocycles. The number of aryl methyl sites for hydroxylation is 1. The van der Waals surface area contributed by atoms with E-state index >= 15 is 0 Å². The maximum absolute atomic E-state index is 12.6. The largest absolute Gasteiger partial charge is 0.486 e. The summed E-state index contributed by atoms with van der Waals surface area (Å²) < 4.78 is 18.4. The number of benzene rings is 1. The zero-order chi connectivity index (χ0) is 18.8. The van der Waals surface area contributed by atoms with Crippen LogP contribution in [0, 0.1) is 6.92 Å². The molecule has 0 atom stereocenters. The van der Waals surface area contributed by atoms with Crippen molar-refractivity contribution in [3.05, 3.63) is 41.9 Å². The summed E-state index contributed by atoms with van der Waals surface area (Å²) in [5.74, 6) is 3.10. The normalized spacial score (nSPS) is 13.0. The number of aromatic nitrogens is 3. The van der Waals surface area contributed by atoms with Crippen LogP contribution in [0.1, 0.15) is 23.0 Å². The van der Waals surface area contributed by atoms with Crippen LogP contribution in [0.3, 0.4) is 0 Å². The Labute approximate surface area is 160 Å². The van der Waals surface area contributed by atoms with Crippen molar-refractivity contribution in [2.45, 2.75) is 25.5 Å². The minimum absolute atomic E-state index is 0.00340. The fourth-order valence-electron chi connectivity index (χ4n) is 2.93. The molecule has 0 N–H and O–H groups in total. The predicted octanol–water partition coefficient (Wildman–Crippen LogP) is 3.61. The summed E-state index contributed by atoms with van der Waals surface area (Å²) in [6.07, 6.45) is 1.64. The molecule has 0 bridgehead atoms. The first-order valence-electron chi connectivity index (χ1n) is 8.70. The molecule has 140 valence electrons. The molecular formula is C19H19N3O4S. The molecule has 0 aliphatic carbocycles. The van der Waals surface area contributed by atoms with E-state index in [4.69, 9.17) is 13.9 Å². The predicted molar refractivity (Wildman–Crippen MR) is 101 cm³/mol. The number of ketones is 1. The SMILES string of the molecule is CCn1c(SCC(=O)c2ccc3c(c2)OCCO3)nnc1-c1ccoc1C. The van der Waals surface area contributed by atoms with E-state index in [1.165, 1.54) is 11.8 Å². The molecule has 0 amide bonds. The molecule has 0 saturated carbocycles. The second-order valence-electron chi connectivity index (χ2n) is 6.01. The van der Waals surface area contributed by atoms with E-state index in [1.54, 1.807) is 24.5 Å². The van der Waals surface area contributed by atoms with Gasteiger partial charge in [0.25, 0.3) is 0 Å². The number of thioether (sulfide) groups is 1. The molecule has 27 heavy (non-hydrogen) atoms. The van der Waals surface area contributed by atoms with E-state index in [0.29, 0.717) is 42.0 Å². The summed E-state index contributed by atoms with van der Waals surface area (Å²) in [6.45, 7) is 5.64. The summed E-state index contributed by atoms with van der Waals surface area (Å²) >= 11 is 1.37. The van der Waals surface area contributed by atoms with Crippen LogP contribution in [0.15, 0.2) is 40.1 Å². The van der Waals surface area contributed by atoms with Crippen molar-refractivity contribution in [3.63, 3.8) is 0 Å². The Morgan fingerprint density at radius 2 is 2.00 bits per heavy atom. The lowest BCUT2D eigenvalue weighted by Gasteiger charge is -2.18. The van der Waals surface area contributed by atoms with Crippen LogP contribution in [0.5, 0.6) is 11.5 Å². The third-order valence-corrected chi connectivity index (χ3v) is 5.30. The fraction of sp³-hybridized carbons (Fsp3) is 0.316. The highest BCUT2D eigenvalue weighted by molar-refractivity contribution is 7.99. The summed E-state index contributed by atoms with van der Waals surface area (Å²) in [6, 6.07) is 7.16. The van der Waals surface area contributed by atoms with Gasteiger partial charge in [-0.2, -0.15) is 0 Å². The Morgan fingerprint density at radius 1 is 1.19 bits per heavy atom. The molecular weight excluding hydrogens is 366 g/mol. The molecule has 0 saturated heterocycles. The lowest BCUT2D eigenvalue weighted by atomic mass is 10.1. The van der Waals surface area contributed by atoms with Gasteiger partial charge in [-0.05, 0) is 38.1 Å². The third kappa shape index (κ3) is 3.44. The Kier molecular flexibility index (Phi) is 4.89. The van der Waals surface area contributed by atoms with Crippen LogP contribution >= 0.6 is 11.8 Å². The van der Waals surface area contributed by atoms with Gasteiger partial charge in [0.15, 0.2) is 28.3 Å². The van der Waals surface area contributed by atoms with Crippen molar-refractivity contribution in [2.75, 3.05) is 19.0 Å².